The van der Waals surface area contributed by atoms with Crippen LogP contribution in [0, 0.1) is 0 Å². The molecule has 6 N–H and O–H groups in total. The van der Waals surface area contributed by atoms with E-state index in [1.807, 2.05) is 5.09 Å². The van der Waals surface area contributed by atoms with Crippen molar-refractivity contribution >= 4 is 13.9 Å². The maximum absolute atomic E-state index is 11.2. The summed E-state index contributed by atoms with van der Waals surface area (Å²) in [4.78, 5) is 10.4. The molecule has 9 heteroatoms. The normalized spacial score (nSPS) is 19.2. The fraction of sp³-hybridized carbons (Fsp3) is 0.833. The molecule has 0 spiro atoms. The minimum Gasteiger partial charge on any atom is -0.480 e. The molecule has 0 heterocycles. The third-order valence-electron chi connectivity index (χ3n) is 1.62. The average molecular weight is 243 g/mol. The molecule has 3 unspecified atom stereocenters. The van der Waals surface area contributed by atoms with E-state index in [0.29, 0.717) is 0 Å². The molecule has 15 heavy (non-hydrogen) atoms. The molecule has 0 aromatic heterocycles. The molecule has 0 radical (unpaired) electrons. The Morgan fingerprint density at radius 3 is 2.13 bits per heavy atom. The molecule has 90 valence electrons. The molecule has 0 aromatic rings. The Balaban J connectivity index is 4.28. The molecule has 0 bridgehead atoms. The fourth-order valence-corrected chi connectivity index (χ4v) is 1.90. The lowest BCUT2D eigenvalue weighted by molar-refractivity contribution is -0.139. The number of hydrogen-bond acceptors (Lipinski definition) is 6. The van der Waals surface area contributed by atoms with E-state index in [-0.39, 0.29) is 0 Å². The highest BCUT2D eigenvalue weighted by Gasteiger charge is 2.26. The Morgan fingerprint density at radius 1 is 1.27 bits per heavy atom. The van der Waals surface area contributed by atoms with Crippen LogP contribution in [0.25, 0.3) is 0 Å². The molecule has 4 atom stereocenters. The fourth-order valence-electron chi connectivity index (χ4n) is 0.717. The average Bonchev–Trinajstić information content (AvgIpc) is 2.22. The number of aliphatic carboxylic acids is 1. The number of hydrogen-bond donors (Lipinski definition) is 6. The number of aliphatic hydroxyl groups excluding tert-OH is 4. The molecule has 0 aliphatic carbocycles. The van der Waals surface area contributed by atoms with Gasteiger partial charge in [-0.3, -0.25) is 9.88 Å². The third-order valence-corrected chi connectivity index (χ3v) is 3.17. The van der Waals surface area contributed by atoms with Crippen LogP contribution in [0.2, 0.25) is 0 Å². The molecular formula is C6H14NO7P. The van der Waals surface area contributed by atoms with Crippen molar-refractivity contribution in [2.24, 2.45) is 0 Å². The van der Waals surface area contributed by atoms with Crippen LogP contribution >= 0.6 is 7.95 Å². The second-order valence-electron chi connectivity index (χ2n) is 2.78. The van der Waals surface area contributed by atoms with Crippen molar-refractivity contribution in [1.82, 2.24) is 5.09 Å². The first-order valence-electron chi connectivity index (χ1n) is 4.05. The van der Waals surface area contributed by atoms with Crippen molar-refractivity contribution < 1.29 is 34.9 Å². The van der Waals surface area contributed by atoms with Crippen molar-refractivity contribution in [2.75, 3.05) is 13.2 Å². The number of rotatable bonds is 7. The van der Waals surface area contributed by atoms with E-state index >= 15 is 0 Å². The molecule has 0 fully saturated rings. The second kappa shape index (κ2) is 6.89. The van der Waals surface area contributed by atoms with Gasteiger partial charge in [0.2, 0.25) is 0 Å². The predicted octanol–water partition coefficient (Wildman–Crippen LogP) is -2.83. The van der Waals surface area contributed by atoms with Gasteiger partial charge in [0, 0.05) is 0 Å². The minimum absolute atomic E-state index is 0.796. The lowest BCUT2D eigenvalue weighted by Crippen LogP contribution is -2.39. The number of carboxylic acid groups (broad SMARTS) is 1. The molecule has 0 aliphatic heterocycles. The number of aliphatic hydroxyl groups is 4. The summed E-state index contributed by atoms with van der Waals surface area (Å²) in [5.74, 6) is -3.19. The van der Waals surface area contributed by atoms with E-state index in [2.05, 4.69) is 0 Å². The Bertz CT molecular complexity index is 236. The molecule has 8 nitrogen and oxygen atoms in total. The summed E-state index contributed by atoms with van der Waals surface area (Å²) >= 11 is 0. The van der Waals surface area contributed by atoms with E-state index in [4.69, 9.17) is 25.5 Å². The second-order valence-corrected chi connectivity index (χ2v) is 4.39. The Morgan fingerprint density at radius 2 is 1.80 bits per heavy atom. The minimum atomic E-state index is -3.03. The summed E-state index contributed by atoms with van der Waals surface area (Å²) in [5.41, 5.74) is 0. The lowest BCUT2D eigenvalue weighted by Gasteiger charge is -2.18. The molecule has 0 rings (SSSR count). The summed E-state index contributed by atoms with van der Waals surface area (Å²) < 4.78 is 11.2. The largest absolute Gasteiger partial charge is 0.480 e. The summed E-state index contributed by atoms with van der Waals surface area (Å²) in [7, 11) is -3.03. The van der Waals surface area contributed by atoms with Gasteiger partial charge in [-0.15, -0.1) is 0 Å². The van der Waals surface area contributed by atoms with E-state index in [1.54, 1.807) is 0 Å². The quantitative estimate of drug-likeness (QED) is 0.262. The molecule has 0 amide bonds. The van der Waals surface area contributed by atoms with Crippen molar-refractivity contribution in [3.8, 4) is 0 Å². The SMILES string of the molecule is O=C(O)[C@H](CO)N[PH](=O)C(O)C(O)CO. The van der Waals surface area contributed by atoms with Crippen LogP contribution in [0.4, 0.5) is 0 Å². The van der Waals surface area contributed by atoms with Crippen LogP contribution in [0.5, 0.6) is 0 Å². The predicted molar refractivity (Wildman–Crippen MR) is 49.7 cm³/mol. The smallest absolute Gasteiger partial charge is 0.323 e. The molecular weight excluding hydrogens is 229 g/mol. The van der Waals surface area contributed by atoms with E-state index in [1.165, 1.54) is 0 Å². The van der Waals surface area contributed by atoms with E-state index < -0.39 is 45.1 Å². The van der Waals surface area contributed by atoms with Gasteiger partial charge in [0.25, 0.3) is 0 Å². The van der Waals surface area contributed by atoms with Crippen molar-refractivity contribution in [3.05, 3.63) is 0 Å². The number of carbonyl (C=O) groups is 1. The van der Waals surface area contributed by atoms with Crippen LogP contribution in [0.15, 0.2) is 0 Å². The van der Waals surface area contributed by atoms with Crippen LogP contribution in [0.1, 0.15) is 0 Å². The zero-order valence-electron chi connectivity index (χ0n) is 7.70. The standard InChI is InChI=1S/C6H14NO7P/c8-1-3(5(11)12)7-15(14)6(13)4(10)2-9/h3-4,6,8-10,13,15H,1-2H2,(H,7,14)(H,11,12)/t3-,4?,6?/m0/s1. The Labute approximate surface area is 86.0 Å². The summed E-state index contributed by atoms with van der Waals surface area (Å²) in [5, 5.41) is 45.4. The van der Waals surface area contributed by atoms with Crippen molar-refractivity contribution in [3.63, 3.8) is 0 Å². The maximum Gasteiger partial charge on any atom is 0.323 e. The summed E-state index contributed by atoms with van der Waals surface area (Å²) in [6, 6.07) is -1.48. The Hall–Kier alpha value is -0.500. The van der Waals surface area contributed by atoms with Gasteiger partial charge in [-0.2, -0.15) is 0 Å². The van der Waals surface area contributed by atoms with Crippen LogP contribution < -0.4 is 5.09 Å². The van der Waals surface area contributed by atoms with Crippen LogP contribution in [-0.2, 0) is 9.36 Å². The maximum atomic E-state index is 11.2. The molecule has 0 aliphatic rings. The van der Waals surface area contributed by atoms with Gasteiger partial charge in [-0.25, -0.2) is 0 Å². The van der Waals surface area contributed by atoms with Gasteiger partial charge < -0.3 is 30.1 Å². The summed E-state index contributed by atoms with van der Waals surface area (Å²) in [6.07, 6.45) is -1.61. The molecule has 0 saturated heterocycles. The molecule has 0 saturated carbocycles. The van der Waals surface area contributed by atoms with Crippen molar-refractivity contribution in [1.29, 1.82) is 0 Å². The number of carboxylic acids is 1. The highest BCUT2D eigenvalue weighted by molar-refractivity contribution is 7.43. The highest BCUT2D eigenvalue weighted by atomic mass is 31.1. The first-order chi connectivity index (χ1) is 6.93. The summed E-state index contributed by atoms with van der Waals surface area (Å²) in [6.45, 7) is -1.59. The Kier molecular flexibility index (Phi) is 6.66. The van der Waals surface area contributed by atoms with Gasteiger partial charge in [0.05, 0.1) is 13.2 Å². The zero-order chi connectivity index (χ0) is 12.0. The topological polar surface area (TPSA) is 147 Å². The highest BCUT2D eigenvalue weighted by Crippen LogP contribution is 2.24. The van der Waals surface area contributed by atoms with Crippen molar-refractivity contribution in [2.45, 2.75) is 18.0 Å². The van der Waals surface area contributed by atoms with E-state index in [9.17, 15) is 9.36 Å². The van der Waals surface area contributed by atoms with Gasteiger partial charge in [-0.05, 0) is 0 Å². The van der Waals surface area contributed by atoms with E-state index in [0.717, 1.165) is 0 Å². The van der Waals surface area contributed by atoms with Gasteiger partial charge >= 0.3 is 5.97 Å². The monoisotopic (exact) mass is 243 g/mol. The van der Waals surface area contributed by atoms with Gasteiger partial charge in [0.1, 0.15) is 18.0 Å². The lowest BCUT2D eigenvalue weighted by atomic mass is 10.3. The first kappa shape index (κ1) is 14.5. The third kappa shape index (κ3) is 4.70. The number of nitrogens with one attached hydrogen (secondary N) is 1. The zero-order valence-corrected chi connectivity index (χ0v) is 8.70. The first-order valence-corrected chi connectivity index (χ1v) is 5.53. The molecule has 0 aromatic carbocycles. The van der Waals surface area contributed by atoms with Gasteiger partial charge in [-0.1, -0.05) is 0 Å². The van der Waals surface area contributed by atoms with Crippen LogP contribution in [0.3, 0.4) is 0 Å². The van der Waals surface area contributed by atoms with Crippen LogP contribution in [-0.4, -0.2) is 62.7 Å². The van der Waals surface area contributed by atoms with Gasteiger partial charge in [0.15, 0.2) is 7.95 Å².